The van der Waals surface area contributed by atoms with Gasteiger partial charge in [0.15, 0.2) is 0 Å². The highest BCUT2D eigenvalue weighted by atomic mass is 16.4. The second kappa shape index (κ2) is 7.92. The zero-order valence-electron chi connectivity index (χ0n) is 10.7. The van der Waals surface area contributed by atoms with Gasteiger partial charge in [-0.1, -0.05) is 24.3 Å². The standard InChI is InChI=1S/C14H18N2O3/c1-2-10-15-14(19)16(11-6-9-13(17)18)12-7-4-3-5-8-12/h2-5,7-8H,1,6,9-11H2,(H,15,19)(H,17,18). The molecule has 0 radical (unpaired) electrons. The third kappa shape index (κ3) is 5.25. The molecule has 0 spiro atoms. The van der Waals surface area contributed by atoms with E-state index in [1.165, 1.54) is 4.90 Å². The normalized spacial score (nSPS) is 9.68. The number of carbonyl (C=O) groups is 2. The molecule has 0 fully saturated rings. The first-order valence-electron chi connectivity index (χ1n) is 6.08. The largest absolute Gasteiger partial charge is 0.481 e. The number of nitrogens with zero attached hydrogens (tertiary/aromatic N) is 1. The van der Waals surface area contributed by atoms with E-state index in [2.05, 4.69) is 11.9 Å². The third-order valence-corrected chi connectivity index (χ3v) is 2.48. The minimum atomic E-state index is -0.862. The fraction of sp³-hybridized carbons (Fsp3) is 0.286. The number of amides is 2. The molecule has 0 unspecified atom stereocenters. The zero-order chi connectivity index (χ0) is 14.1. The van der Waals surface area contributed by atoms with Crippen molar-refractivity contribution in [1.29, 1.82) is 0 Å². The number of carboxylic acids is 1. The first-order chi connectivity index (χ1) is 9.15. The molecule has 1 aromatic rings. The Labute approximate surface area is 112 Å². The summed E-state index contributed by atoms with van der Waals surface area (Å²) >= 11 is 0. The molecule has 0 aromatic heterocycles. The SMILES string of the molecule is C=CCNC(=O)N(CCCC(=O)O)c1ccccc1. The number of nitrogens with one attached hydrogen (secondary N) is 1. The maximum atomic E-state index is 12.0. The molecule has 0 aliphatic heterocycles. The molecule has 1 rings (SSSR count). The van der Waals surface area contributed by atoms with Crippen molar-refractivity contribution >= 4 is 17.7 Å². The molecule has 1 aromatic carbocycles. The Bertz CT molecular complexity index is 432. The number of rotatable bonds is 7. The average Bonchev–Trinajstić information content (AvgIpc) is 2.41. The second-order valence-corrected chi connectivity index (χ2v) is 3.96. The van der Waals surface area contributed by atoms with Crippen molar-refractivity contribution in [2.75, 3.05) is 18.0 Å². The molecule has 0 aliphatic rings. The topological polar surface area (TPSA) is 69.6 Å². The van der Waals surface area contributed by atoms with Crippen LogP contribution in [0.4, 0.5) is 10.5 Å². The van der Waals surface area contributed by atoms with Crippen LogP contribution in [0.3, 0.4) is 0 Å². The quantitative estimate of drug-likeness (QED) is 0.740. The lowest BCUT2D eigenvalue weighted by Crippen LogP contribution is -2.40. The van der Waals surface area contributed by atoms with Gasteiger partial charge in [-0.25, -0.2) is 4.79 Å². The average molecular weight is 262 g/mol. The molecule has 2 N–H and O–H groups in total. The summed E-state index contributed by atoms with van der Waals surface area (Å²) in [4.78, 5) is 24.1. The van der Waals surface area contributed by atoms with E-state index in [0.29, 0.717) is 19.5 Å². The van der Waals surface area contributed by atoms with Gasteiger partial charge < -0.3 is 10.4 Å². The fourth-order valence-corrected chi connectivity index (χ4v) is 1.60. The lowest BCUT2D eigenvalue weighted by atomic mass is 10.2. The minimum Gasteiger partial charge on any atom is -0.481 e. The fourth-order valence-electron chi connectivity index (χ4n) is 1.60. The van der Waals surface area contributed by atoms with Crippen molar-refractivity contribution in [3.05, 3.63) is 43.0 Å². The Kier molecular flexibility index (Phi) is 6.15. The molecule has 0 bridgehead atoms. The van der Waals surface area contributed by atoms with Crippen LogP contribution in [0.15, 0.2) is 43.0 Å². The first-order valence-corrected chi connectivity index (χ1v) is 6.08. The molecular formula is C14H18N2O3. The molecule has 0 atom stereocenters. The summed E-state index contributed by atoms with van der Waals surface area (Å²) in [7, 11) is 0. The second-order valence-electron chi connectivity index (χ2n) is 3.96. The van der Waals surface area contributed by atoms with Crippen LogP contribution in [0, 0.1) is 0 Å². The van der Waals surface area contributed by atoms with Crippen LogP contribution in [0.2, 0.25) is 0 Å². The van der Waals surface area contributed by atoms with E-state index in [1.807, 2.05) is 30.3 Å². The summed E-state index contributed by atoms with van der Waals surface area (Å²) in [6.45, 7) is 4.28. The number of carbonyl (C=O) groups excluding carboxylic acids is 1. The predicted molar refractivity (Wildman–Crippen MR) is 74.3 cm³/mol. The van der Waals surface area contributed by atoms with Crippen molar-refractivity contribution in [3.63, 3.8) is 0 Å². The van der Waals surface area contributed by atoms with E-state index in [9.17, 15) is 9.59 Å². The van der Waals surface area contributed by atoms with Crippen molar-refractivity contribution in [2.45, 2.75) is 12.8 Å². The van der Waals surface area contributed by atoms with Crippen LogP contribution in [0.25, 0.3) is 0 Å². The molecular weight excluding hydrogens is 244 g/mol. The van der Waals surface area contributed by atoms with Gasteiger partial charge in [0.05, 0.1) is 0 Å². The van der Waals surface area contributed by atoms with Gasteiger partial charge in [0, 0.05) is 25.2 Å². The number of anilines is 1. The number of para-hydroxylation sites is 1. The van der Waals surface area contributed by atoms with Crippen LogP contribution in [-0.4, -0.2) is 30.2 Å². The monoisotopic (exact) mass is 262 g/mol. The molecule has 2 amide bonds. The van der Waals surface area contributed by atoms with Gasteiger partial charge in [0.1, 0.15) is 0 Å². The van der Waals surface area contributed by atoms with Gasteiger partial charge in [-0.15, -0.1) is 6.58 Å². The van der Waals surface area contributed by atoms with Gasteiger partial charge in [0.2, 0.25) is 0 Å². The van der Waals surface area contributed by atoms with Crippen molar-refractivity contribution in [1.82, 2.24) is 5.32 Å². The Morgan fingerprint density at radius 3 is 2.58 bits per heavy atom. The Morgan fingerprint density at radius 2 is 2.00 bits per heavy atom. The molecule has 5 heteroatoms. The number of hydrogen-bond donors (Lipinski definition) is 2. The summed E-state index contributed by atoms with van der Waals surface area (Å²) < 4.78 is 0. The van der Waals surface area contributed by atoms with Gasteiger partial charge in [-0.05, 0) is 18.6 Å². The van der Waals surface area contributed by atoms with E-state index in [-0.39, 0.29) is 12.5 Å². The highest BCUT2D eigenvalue weighted by molar-refractivity contribution is 5.92. The van der Waals surface area contributed by atoms with E-state index in [1.54, 1.807) is 6.08 Å². The molecule has 102 valence electrons. The minimum absolute atomic E-state index is 0.0398. The number of urea groups is 1. The van der Waals surface area contributed by atoms with Crippen LogP contribution >= 0.6 is 0 Å². The van der Waals surface area contributed by atoms with Crippen LogP contribution < -0.4 is 10.2 Å². The number of aliphatic carboxylic acids is 1. The Balaban J connectivity index is 2.70. The molecule has 19 heavy (non-hydrogen) atoms. The lowest BCUT2D eigenvalue weighted by Gasteiger charge is -2.22. The van der Waals surface area contributed by atoms with Gasteiger partial charge in [-0.3, -0.25) is 9.69 Å². The van der Waals surface area contributed by atoms with Crippen molar-refractivity contribution < 1.29 is 14.7 Å². The zero-order valence-corrected chi connectivity index (χ0v) is 10.7. The summed E-state index contributed by atoms with van der Waals surface area (Å²) in [5.41, 5.74) is 0.745. The number of carboxylic acid groups (broad SMARTS) is 1. The maximum absolute atomic E-state index is 12.0. The summed E-state index contributed by atoms with van der Waals surface area (Å²) in [5.74, 6) is -0.862. The number of hydrogen-bond acceptors (Lipinski definition) is 2. The van der Waals surface area contributed by atoms with Crippen LogP contribution in [0.5, 0.6) is 0 Å². The van der Waals surface area contributed by atoms with E-state index < -0.39 is 5.97 Å². The van der Waals surface area contributed by atoms with Gasteiger partial charge >= 0.3 is 12.0 Å². The molecule has 5 nitrogen and oxygen atoms in total. The third-order valence-electron chi connectivity index (χ3n) is 2.48. The molecule has 0 saturated carbocycles. The highest BCUT2D eigenvalue weighted by Crippen LogP contribution is 2.14. The van der Waals surface area contributed by atoms with Crippen molar-refractivity contribution in [3.8, 4) is 0 Å². The molecule has 0 saturated heterocycles. The summed E-state index contributed by atoms with van der Waals surface area (Å²) in [6, 6.07) is 8.90. The van der Waals surface area contributed by atoms with Gasteiger partial charge in [-0.2, -0.15) is 0 Å². The van der Waals surface area contributed by atoms with Gasteiger partial charge in [0.25, 0.3) is 0 Å². The number of benzene rings is 1. The van der Waals surface area contributed by atoms with Crippen LogP contribution in [0.1, 0.15) is 12.8 Å². The molecule has 0 aliphatic carbocycles. The van der Waals surface area contributed by atoms with E-state index in [4.69, 9.17) is 5.11 Å². The first kappa shape index (κ1) is 14.8. The Hall–Kier alpha value is -2.30. The maximum Gasteiger partial charge on any atom is 0.322 e. The summed E-state index contributed by atoms with van der Waals surface area (Å²) in [6.07, 6.45) is 2.04. The summed E-state index contributed by atoms with van der Waals surface area (Å²) in [5, 5.41) is 11.3. The Morgan fingerprint density at radius 1 is 1.32 bits per heavy atom. The van der Waals surface area contributed by atoms with Crippen LogP contribution in [-0.2, 0) is 4.79 Å². The molecule has 0 heterocycles. The predicted octanol–water partition coefficient (Wildman–Crippen LogP) is 2.25. The van der Waals surface area contributed by atoms with Crippen molar-refractivity contribution in [2.24, 2.45) is 0 Å². The van der Waals surface area contributed by atoms with E-state index >= 15 is 0 Å². The highest BCUT2D eigenvalue weighted by Gasteiger charge is 2.14. The van der Waals surface area contributed by atoms with E-state index in [0.717, 1.165) is 5.69 Å². The lowest BCUT2D eigenvalue weighted by molar-refractivity contribution is -0.137. The smallest absolute Gasteiger partial charge is 0.322 e.